The molecule has 7 heteroatoms. The summed E-state index contributed by atoms with van der Waals surface area (Å²) in [5.41, 5.74) is -0.688. The monoisotopic (exact) mass is 274 g/mol. The predicted molar refractivity (Wildman–Crippen MR) is 67.7 cm³/mol. The summed E-state index contributed by atoms with van der Waals surface area (Å²) < 4.78 is 0. The van der Waals surface area contributed by atoms with Crippen LogP contribution in [0.1, 0.15) is 32.1 Å². The van der Waals surface area contributed by atoms with Gasteiger partial charge in [0, 0.05) is 13.1 Å². The summed E-state index contributed by atoms with van der Waals surface area (Å²) in [6.45, 7) is -0.149. The minimum atomic E-state index is -0.932. The summed E-state index contributed by atoms with van der Waals surface area (Å²) >= 11 is 0. The van der Waals surface area contributed by atoms with Gasteiger partial charge in [0.2, 0.25) is 0 Å². The molecule has 1 rings (SSSR count). The van der Waals surface area contributed by atoms with Gasteiger partial charge in [-0.1, -0.05) is 12.8 Å². The number of carboxylic acid groups (broad SMARTS) is 1. The van der Waals surface area contributed by atoms with Crippen molar-refractivity contribution in [3.8, 4) is 0 Å². The quantitative estimate of drug-likeness (QED) is 0.512. The van der Waals surface area contributed by atoms with Crippen molar-refractivity contribution in [2.24, 2.45) is 0 Å². The number of amides is 2. The molecule has 2 amide bonds. The van der Waals surface area contributed by atoms with Crippen LogP contribution in [-0.2, 0) is 4.79 Å². The van der Waals surface area contributed by atoms with Gasteiger partial charge in [-0.05, 0) is 12.8 Å². The van der Waals surface area contributed by atoms with Crippen LogP contribution < -0.4 is 5.32 Å². The number of carboxylic acids is 1. The number of nitrogens with zero attached hydrogens (tertiary/aromatic N) is 1. The van der Waals surface area contributed by atoms with Crippen molar-refractivity contribution in [3.63, 3.8) is 0 Å². The molecule has 0 heterocycles. The van der Waals surface area contributed by atoms with Crippen LogP contribution in [0.3, 0.4) is 0 Å². The number of rotatable bonds is 7. The number of aliphatic carboxylic acids is 1. The molecule has 0 aromatic carbocycles. The molecule has 110 valence electrons. The molecule has 4 N–H and O–H groups in total. The van der Waals surface area contributed by atoms with Gasteiger partial charge in [0.25, 0.3) is 0 Å². The van der Waals surface area contributed by atoms with Crippen LogP contribution in [-0.4, -0.2) is 64.1 Å². The van der Waals surface area contributed by atoms with E-state index in [4.69, 9.17) is 15.3 Å². The van der Waals surface area contributed by atoms with Gasteiger partial charge in [0.05, 0.1) is 25.2 Å². The third-order valence-corrected chi connectivity index (χ3v) is 3.45. The molecular weight excluding hydrogens is 252 g/mol. The summed E-state index contributed by atoms with van der Waals surface area (Å²) in [6, 6.07) is -0.425. The van der Waals surface area contributed by atoms with E-state index in [1.165, 1.54) is 4.90 Å². The van der Waals surface area contributed by atoms with E-state index in [1.54, 1.807) is 0 Å². The van der Waals surface area contributed by atoms with Crippen LogP contribution in [0.5, 0.6) is 0 Å². The van der Waals surface area contributed by atoms with Crippen molar-refractivity contribution >= 4 is 12.0 Å². The molecule has 0 unspecified atom stereocenters. The second kappa shape index (κ2) is 7.30. The summed E-state index contributed by atoms with van der Waals surface area (Å²) in [6.07, 6.45) is 3.00. The van der Waals surface area contributed by atoms with E-state index in [0.29, 0.717) is 12.8 Å². The van der Waals surface area contributed by atoms with Gasteiger partial charge < -0.3 is 25.5 Å². The number of carbonyl (C=O) groups excluding carboxylic acids is 1. The Morgan fingerprint density at radius 3 is 2.05 bits per heavy atom. The number of urea groups is 1. The van der Waals surface area contributed by atoms with Crippen molar-refractivity contribution in [2.45, 2.75) is 37.6 Å². The molecular formula is C12H22N2O5. The highest BCUT2D eigenvalue weighted by Crippen LogP contribution is 2.32. The first-order valence-electron chi connectivity index (χ1n) is 6.53. The van der Waals surface area contributed by atoms with Gasteiger partial charge in [-0.3, -0.25) is 4.79 Å². The Labute approximate surface area is 112 Å². The van der Waals surface area contributed by atoms with Crippen LogP contribution >= 0.6 is 0 Å². The number of aliphatic hydroxyl groups excluding tert-OH is 2. The number of hydrogen-bond acceptors (Lipinski definition) is 4. The Balaban J connectivity index is 2.66. The molecule has 0 aliphatic heterocycles. The fraction of sp³-hybridized carbons (Fsp3) is 0.833. The van der Waals surface area contributed by atoms with E-state index in [2.05, 4.69) is 5.32 Å². The minimum absolute atomic E-state index is 0.0924. The molecule has 0 bridgehead atoms. The average molecular weight is 274 g/mol. The van der Waals surface area contributed by atoms with E-state index in [-0.39, 0.29) is 32.7 Å². The molecule has 0 aromatic rings. The molecule has 0 aromatic heterocycles. The maximum absolute atomic E-state index is 12.1. The number of nitrogens with one attached hydrogen (secondary N) is 1. The number of carbonyl (C=O) groups is 2. The summed E-state index contributed by atoms with van der Waals surface area (Å²) in [5, 5.41) is 29.5. The Kier molecular flexibility index (Phi) is 6.04. The maximum atomic E-state index is 12.1. The first kappa shape index (κ1) is 15.7. The highest BCUT2D eigenvalue weighted by molar-refractivity contribution is 5.77. The first-order chi connectivity index (χ1) is 9.03. The summed E-state index contributed by atoms with van der Waals surface area (Å²) in [7, 11) is 0. The second-order valence-electron chi connectivity index (χ2n) is 4.92. The zero-order valence-electron chi connectivity index (χ0n) is 11.0. The Morgan fingerprint density at radius 1 is 1.11 bits per heavy atom. The zero-order valence-corrected chi connectivity index (χ0v) is 11.0. The Bertz CT molecular complexity index is 309. The van der Waals surface area contributed by atoms with Crippen molar-refractivity contribution < 1.29 is 24.9 Å². The molecule has 1 aliphatic carbocycles. The first-order valence-corrected chi connectivity index (χ1v) is 6.53. The van der Waals surface area contributed by atoms with E-state index in [1.807, 2.05) is 0 Å². The lowest BCUT2D eigenvalue weighted by atomic mass is 9.93. The van der Waals surface area contributed by atoms with Crippen LogP contribution in [0.15, 0.2) is 0 Å². The van der Waals surface area contributed by atoms with Crippen LogP contribution in [0.4, 0.5) is 4.79 Å². The van der Waals surface area contributed by atoms with Crippen LogP contribution in [0.2, 0.25) is 0 Å². The third-order valence-electron chi connectivity index (χ3n) is 3.45. The molecule has 0 radical (unpaired) electrons. The standard InChI is InChI=1S/C12H22N2O5/c15-7-5-14(6-8-16)11(19)13-12(9-10(17)18)3-1-2-4-12/h15-16H,1-9H2,(H,13,19)(H,17,18). The highest BCUT2D eigenvalue weighted by Gasteiger charge is 2.38. The fourth-order valence-corrected chi connectivity index (χ4v) is 2.55. The van der Waals surface area contributed by atoms with Gasteiger partial charge in [-0.2, -0.15) is 0 Å². The average Bonchev–Trinajstić information content (AvgIpc) is 2.76. The second-order valence-corrected chi connectivity index (χ2v) is 4.92. The predicted octanol–water partition coefficient (Wildman–Crippen LogP) is -0.230. The SMILES string of the molecule is O=C(O)CC1(NC(=O)N(CCO)CCO)CCCC1. The van der Waals surface area contributed by atoms with Crippen LogP contribution in [0.25, 0.3) is 0 Å². The topological polar surface area (TPSA) is 110 Å². The molecule has 7 nitrogen and oxygen atoms in total. The highest BCUT2D eigenvalue weighted by atomic mass is 16.4. The van der Waals surface area contributed by atoms with E-state index in [9.17, 15) is 9.59 Å². The van der Waals surface area contributed by atoms with Crippen molar-refractivity contribution in [3.05, 3.63) is 0 Å². The Morgan fingerprint density at radius 2 is 1.63 bits per heavy atom. The van der Waals surface area contributed by atoms with Gasteiger partial charge in [0.15, 0.2) is 0 Å². The molecule has 0 spiro atoms. The smallest absolute Gasteiger partial charge is 0.318 e. The van der Waals surface area contributed by atoms with Crippen molar-refractivity contribution in [1.82, 2.24) is 10.2 Å². The van der Waals surface area contributed by atoms with Gasteiger partial charge >= 0.3 is 12.0 Å². The Hall–Kier alpha value is -1.34. The van der Waals surface area contributed by atoms with Gasteiger partial charge in [0.1, 0.15) is 0 Å². The zero-order chi connectivity index (χ0) is 14.3. The molecule has 0 atom stereocenters. The minimum Gasteiger partial charge on any atom is -0.481 e. The lowest BCUT2D eigenvalue weighted by Crippen LogP contribution is -2.53. The van der Waals surface area contributed by atoms with E-state index in [0.717, 1.165) is 12.8 Å². The van der Waals surface area contributed by atoms with Crippen molar-refractivity contribution in [1.29, 1.82) is 0 Å². The van der Waals surface area contributed by atoms with Crippen LogP contribution in [0, 0.1) is 0 Å². The molecule has 1 aliphatic rings. The third kappa shape index (κ3) is 4.68. The lowest BCUT2D eigenvalue weighted by molar-refractivity contribution is -0.138. The summed E-state index contributed by atoms with van der Waals surface area (Å²) in [5.74, 6) is -0.932. The van der Waals surface area contributed by atoms with Gasteiger partial charge in [-0.15, -0.1) is 0 Å². The van der Waals surface area contributed by atoms with Gasteiger partial charge in [-0.25, -0.2) is 4.79 Å². The summed E-state index contributed by atoms with van der Waals surface area (Å²) in [4.78, 5) is 24.3. The fourth-order valence-electron chi connectivity index (χ4n) is 2.55. The molecule has 1 fully saturated rings. The lowest BCUT2D eigenvalue weighted by Gasteiger charge is -2.32. The number of aliphatic hydroxyl groups is 2. The molecule has 1 saturated carbocycles. The normalized spacial score (nSPS) is 17.2. The molecule has 19 heavy (non-hydrogen) atoms. The van der Waals surface area contributed by atoms with E-state index >= 15 is 0 Å². The molecule has 0 saturated heterocycles. The van der Waals surface area contributed by atoms with E-state index < -0.39 is 17.5 Å². The largest absolute Gasteiger partial charge is 0.481 e. The maximum Gasteiger partial charge on any atom is 0.318 e. The number of hydrogen-bond donors (Lipinski definition) is 4. The van der Waals surface area contributed by atoms with Crippen molar-refractivity contribution in [2.75, 3.05) is 26.3 Å².